The summed E-state index contributed by atoms with van der Waals surface area (Å²) in [5, 5.41) is 18.2. The molecule has 0 atom stereocenters. The summed E-state index contributed by atoms with van der Waals surface area (Å²) in [6.07, 6.45) is 3.57. The third-order valence-corrected chi connectivity index (χ3v) is 9.53. The third-order valence-electron chi connectivity index (χ3n) is 9.13. The summed E-state index contributed by atoms with van der Waals surface area (Å²) >= 11 is 6.55. The van der Waals surface area contributed by atoms with Crippen LogP contribution in [0.3, 0.4) is 0 Å². The maximum absolute atomic E-state index is 9.68. The molecule has 0 spiro atoms. The summed E-state index contributed by atoms with van der Waals surface area (Å²) in [5.41, 5.74) is 14.2. The van der Waals surface area contributed by atoms with E-state index in [4.69, 9.17) is 31.8 Å². The smallest absolute Gasteiger partial charge is 0.155 e. The van der Waals surface area contributed by atoms with Crippen molar-refractivity contribution in [3.8, 4) is 73.8 Å². The standard InChI is InChI=1S/C24H15ClN2O.C24H18N4O/c25-23-21(15-26)24(27-16-22(23)17-7-3-1-4-8-17)18-11-13-20(14-12-18)28-19-9-5-2-6-10-19;25-24-21-22(17-11-13-19(14-12-17)29-18-9-5-2-6-10-18)26-15-20(23(21)27-28-24)16-7-3-1-4-8-16/h1-14,16H;1-15H,(H3,25,27,28). The molecule has 0 saturated carbocycles. The van der Waals surface area contributed by atoms with Gasteiger partial charge in [0, 0.05) is 34.6 Å². The molecule has 9 aromatic rings. The van der Waals surface area contributed by atoms with Gasteiger partial charge in [-0.2, -0.15) is 10.4 Å². The fraction of sp³-hybridized carbons (Fsp3) is 0. The van der Waals surface area contributed by atoms with Crippen LogP contribution >= 0.6 is 11.6 Å². The number of fused-ring (bicyclic) bond motifs is 1. The Morgan fingerprint density at radius 3 is 1.44 bits per heavy atom. The lowest BCUT2D eigenvalue weighted by Crippen LogP contribution is -1.94. The highest BCUT2D eigenvalue weighted by Gasteiger charge is 2.17. The van der Waals surface area contributed by atoms with Crippen LogP contribution in [-0.4, -0.2) is 20.2 Å². The Morgan fingerprint density at radius 2 is 0.930 bits per heavy atom. The van der Waals surface area contributed by atoms with E-state index in [1.54, 1.807) is 6.20 Å². The number of nitrogens with zero attached hydrogens (tertiary/aromatic N) is 4. The third kappa shape index (κ3) is 8.05. The fourth-order valence-electron chi connectivity index (χ4n) is 6.34. The van der Waals surface area contributed by atoms with Crippen LogP contribution in [0.1, 0.15) is 5.56 Å². The van der Waals surface area contributed by atoms with Crippen molar-refractivity contribution in [3.05, 3.63) is 193 Å². The van der Waals surface area contributed by atoms with E-state index in [1.807, 2.05) is 176 Å². The number of aromatic nitrogens is 4. The van der Waals surface area contributed by atoms with Gasteiger partial charge in [0.15, 0.2) is 5.82 Å². The quantitative estimate of drug-likeness (QED) is 0.158. The molecule has 57 heavy (non-hydrogen) atoms. The van der Waals surface area contributed by atoms with E-state index in [1.165, 1.54) is 0 Å². The molecule has 3 N–H and O–H groups in total. The first kappa shape index (κ1) is 36.3. The van der Waals surface area contributed by atoms with Crippen molar-refractivity contribution in [2.24, 2.45) is 0 Å². The van der Waals surface area contributed by atoms with Gasteiger partial charge in [0.25, 0.3) is 0 Å². The summed E-state index contributed by atoms with van der Waals surface area (Å²) in [6, 6.07) is 56.5. The van der Waals surface area contributed by atoms with Crippen molar-refractivity contribution in [2.75, 3.05) is 5.73 Å². The van der Waals surface area contributed by atoms with Gasteiger partial charge in [-0.1, -0.05) is 109 Å². The molecule has 0 radical (unpaired) electrons. The molecule has 0 bridgehead atoms. The number of nitrogen functional groups attached to an aromatic ring is 1. The molecule has 0 aliphatic rings. The first-order valence-electron chi connectivity index (χ1n) is 18.0. The van der Waals surface area contributed by atoms with Gasteiger partial charge in [-0.25, -0.2) is 0 Å². The number of rotatable bonds is 8. The normalized spacial score (nSPS) is 10.6. The molecule has 9 rings (SSSR count). The molecule has 3 heterocycles. The SMILES string of the molecule is N#Cc1c(-c2ccc(Oc3ccccc3)cc2)ncc(-c2ccccc2)c1Cl.Nc1n[nH]c2c(-c3ccccc3)cnc(-c3ccc(Oc4ccccc4)cc3)c12. The Labute approximate surface area is 334 Å². The van der Waals surface area contributed by atoms with Crippen molar-refractivity contribution in [1.29, 1.82) is 5.26 Å². The first-order chi connectivity index (χ1) is 28.1. The van der Waals surface area contributed by atoms with Crippen LogP contribution in [0.25, 0.3) is 55.7 Å². The number of aromatic amines is 1. The van der Waals surface area contributed by atoms with E-state index in [0.717, 1.165) is 67.2 Å². The highest BCUT2D eigenvalue weighted by molar-refractivity contribution is 6.34. The Hall–Kier alpha value is -7.73. The summed E-state index contributed by atoms with van der Waals surface area (Å²) in [4.78, 5) is 9.24. The Bertz CT molecular complexity index is 2790. The van der Waals surface area contributed by atoms with E-state index in [2.05, 4.69) is 21.3 Å². The molecule has 0 aliphatic carbocycles. The first-order valence-corrected chi connectivity index (χ1v) is 18.4. The second kappa shape index (κ2) is 16.7. The number of nitrogens with one attached hydrogen (secondary N) is 1. The Morgan fingerprint density at radius 1 is 0.509 bits per heavy atom. The number of ether oxygens (including phenoxy) is 2. The molecule has 8 nitrogen and oxygen atoms in total. The van der Waals surface area contributed by atoms with E-state index in [0.29, 0.717) is 27.8 Å². The van der Waals surface area contributed by atoms with Crippen molar-refractivity contribution in [3.63, 3.8) is 0 Å². The number of para-hydroxylation sites is 2. The lowest BCUT2D eigenvalue weighted by Gasteiger charge is -2.11. The Kier molecular flexibility index (Phi) is 10.6. The fourth-order valence-corrected chi connectivity index (χ4v) is 6.63. The van der Waals surface area contributed by atoms with Crippen LogP contribution in [0.15, 0.2) is 182 Å². The second-order valence-electron chi connectivity index (χ2n) is 12.8. The number of pyridine rings is 2. The molecule has 0 fully saturated rings. The van der Waals surface area contributed by atoms with Gasteiger partial charge in [0.2, 0.25) is 0 Å². The molecule has 9 heteroatoms. The maximum atomic E-state index is 9.68. The number of nitriles is 1. The number of hydrogen-bond acceptors (Lipinski definition) is 7. The van der Waals surface area contributed by atoms with E-state index in [9.17, 15) is 5.26 Å². The van der Waals surface area contributed by atoms with Gasteiger partial charge in [0.05, 0.1) is 32.9 Å². The van der Waals surface area contributed by atoms with Crippen LogP contribution in [-0.2, 0) is 0 Å². The molecule has 0 aliphatic heterocycles. The monoisotopic (exact) mass is 760 g/mol. The second-order valence-corrected chi connectivity index (χ2v) is 13.2. The average Bonchev–Trinajstić information content (AvgIpc) is 3.66. The van der Waals surface area contributed by atoms with E-state index >= 15 is 0 Å². The molecule has 3 aromatic heterocycles. The highest BCUT2D eigenvalue weighted by atomic mass is 35.5. The van der Waals surface area contributed by atoms with Gasteiger partial charge < -0.3 is 15.2 Å². The van der Waals surface area contributed by atoms with Crippen LogP contribution < -0.4 is 15.2 Å². The van der Waals surface area contributed by atoms with Gasteiger partial charge in [0.1, 0.15) is 29.1 Å². The average molecular weight is 761 g/mol. The predicted octanol–water partition coefficient (Wildman–Crippen LogP) is 12.4. The molecule has 0 amide bonds. The number of anilines is 1. The van der Waals surface area contributed by atoms with Gasteiger partial charge in [-0.3, -0.25) is 15.1 Å². The van der Waals surface area contributed by atoms with Gasteiger partial charge in [-0.15, -0.1) is 0 Å². The zero-order valence-corrected chi connectivity index (χ0v) is 31.1. The van der Waals surface area contributed by atoms with Crippen LogP contribution in [0.4, 0.5) is 5.82 Å². The number of H-pyrrole nitrogens is 1. The minimum Gasteiger partial charge on any atom is -0.457 e. The Balaban J connectivity index is 0.000000160. The van der Waals surface area contributed by atoms with E-state index in [-0.39, 0.29) is 0 Å². The minimum atomic E-state index is 0.361. The molecule has 0 unspecified atom stereocenters. The summed E-state index contributed by atoms with van der Waals surface area (Å²) in [5.74, 6) is 3.47. The molecule has 0 saturated heterocycles. The van der Waals surface area contributed by atoms with Crippen LogP contribution in [0, 0.1) is 11.3 Å². The van der Waals surface area contributed by atoms with Crippen molar-refractivity contribution >= 4 is 28.3 Å². The molecular weight excluding hydrogens is 728 g/mol. The number of nitrogens with two attached hydrogens (primary N) is 1. The number of halogens is 1. The zero-order valence-electron chi connectivity index (χ0n) is 30.4. The minimum absolute atomic E-state index is 0.361. The van der Waals surface area contributed by atoms with Crippen LogP contribution in [0.5, 0.6) is 23.0 Å². The van der Waals surface area contributed by atoms with Crippen molar-refractivity contribution in [1.82, 2.24) is 20.2 Å². The number of benzene rings is 6. The molecule has 274 valence electrons. The van der Waals surface area contributed by atoms with Crippen molar-refractivity contribution in [2.45, 2.75) is 0 Å². The lowest BCUT2D eigenvalue weighted by molar-refractivity contribution is 0.482. The molecular formula is C48H33ClN6O2. The van der Waals surface area contributed by atoms with E-state index < -0.39 is 0 Å². The summed E-state index contributed by atoms with van der Waals surface area (Å²) < 4.78 is 11.7. The summed E-state index contributed by atoms with van der Waals surface area (Å²) in [6.45, 7) is 0. The van der Waals surface area contributed by atoms with Crippen molar-refractivity contribution < 1.29 is 9.47 Å². The highest BCUT2D eigenvalue weighted by Crippen LogP contribution is 2.37. The van der Waals surface area contributed by atoms with Gasteiger partial charge >= 0.3 is 0 Å². The predicted molar refractivity (Wildman–Crippen MR) is 227 cm³/mol. The topological polar surface area (TPSA) is 123 Å². The molecule has 6 aromatic carbocycles. The lowest BCUT2D eigenvalue weighted by atomic mass is 10.0. The zero-order chi connectivity index (χ0) is 39.0. The maximum Gasteiger partial charge on any atom is 0.155 e. The van der Waals surface area contributed by atoms with Crippen LogP contribution in [0.2, 0.25) is 5.02 Å². The summed E-state index contributed by atoms with van der Waals surface area (Å²) in [7, 11) is 0. The largest absolute Gasteiger partial charge is 0.457 e. The number of hydrogen-bond donors (Lipinski definition) is 2. The van der Waals surface area contributed by atoms with Gasteiger partial charge in [-0.05, 0) is 83.9 Å².